The lowest BCUT2D eigenvalue weighted by atomic mass is 9.98. The Bertz CT molecular complexity index is 1060. The van der Waals surface area contributed by atoms with E-state index in [0.29, 0.717) is 16.7 Å². The SMILES string of the molecule is CS(=O)(=O)c1ccccc1-c1csc([N+](=O)[O-])c1-c1ccc(F)cc1. The molecule has 3 aromatic rings. The van der Waals surface area contributed by atoms with Gasteiger partial charge >= 0.3 is 5.00 Å². The highest BCUT2D eigenvalue weighted by molar-refractivity contribution is 7.90. The molecule has 0 amide bonds. The molecule has 1 heterocycles. The van der Waals surface area contributed by atoms with E-state index < -0.39 is 20.6 Å². The maximum atomic E-state index is 13.2. The number of nitrogens with zero attached hydrogens (tertiary/aromatic N) is 1. The fourth-order valence-electron chi connectivity index (χ4n) is 2.59. The Morgan fingerprint density at radius 2 is 1.68 bits per heavy atom. The van der Waals surface area contributed by atoms with Crippen LogP contribution in [0.1, 0.15) is 0 Å². The molecule has 0 atom stereocenters. The molecule has 0 aliphatic rings. The molecule has 0 unspecified atom stereocenters. The van der Waals surface area contributed by atoms with Gasteiger partial charge in [-0.2, -0.15) is 0 Å². The van der Waals surface area contributed by atoms with Crippen LogP contribution in [-0.2, 0) is 9.84 Å². The highest BCUT2D eigenvalue weighted by atomic mass is 32.2. The standard InChI is InChI=1S/C17H12FNO4S2/c1-25(22,23)15-5-3-2-4-13(15)14-10-24-17(19(20)21)16(14)11-6-8-12(18)9-7-11/h2-10H,1H3. The lowest BCUT2D eigenvalue weighted by Crippen LogP contribution is -2.00. The van der Waals surface area contributed by atoms with E-state index in [2.05, 4.69) is 0 Å². The summed E-state index contributed by atoms with van der Waals surface area (Å²) < 4.78 is 37.4. The Morgan fingerprint density at radius 1 is 1.04 bits per heavy atom. The van der Waals surface area contributed by atoms with Gasteiger partial charge in [0.05, 0.1) is 15.4 Å². The zero-order valence-electron chi connectivity index (χ0n) is 13.0. The third-order valence-corrected chi connectivity index (χ3v) is 5.73. The van der Waals surface area contributed by atoms with Crippen LogP contribution in [0.3, 0.4) is 0 Å². The Kier molecular flexibility index (Phi) is 4.40. The first kappa shape index (κ1) is 17.2. The van der Waals surface area contributed by atoms with Crippen molar-refractivity contribution < 1.29 is 17.7 Å². The highest BCUT2D eigenvalue weighted by Crippen LogP contribution is 2.45. The smallest absolute Gasteiger partial charge is 0.258 e. The van der Waals surface area contributed by atoms with Gasteiger partial charge in [0, 0.05) is 22.8 Å². The van der Waals surface area contributed by atoms with Crippen molar-refractivity contribution >= 4 is 26.2 Å². The Labute approximate surface area is 147 Å². The van der Waals surface area contributed by atoms with Crippen molar-refractivity contribution in [2.24, 2.45) is 0 Å². The molecule has 0 saturated heterocycles. The summed E-state index contributed by atoms with van der Waals surface area (Å²) in [5.41, 5.74) is 1.55. The monoisotopic (exact) mass is 377 g/mol. The number of benzene rings is 2. The van der Waals surface area contributed by atoms with E-state index >= 15 is 0 Å². The minimum atomic E-state index is -3.52. The molecular formula is C17H12FNO4S2. The summed E-state index contributed by atoms with van der Waals surface area (Å²) in [5.74, 6) is -0.459. The van der Waals surface area contributed by atoms with E-state index in [9.17, 15) is 22.9 Å². The number of halogens is 1. The molecule has 0 saturated carbocycles. The first-order valence-electron chi connectivity index (χ1n) is 7.10. The number of hydrogen-bond donors (Lipinski definition) is 0. The second-order valence-electron chi connectivity index (χ2n) is 5.36. The fraction of sp³-hybridized carbons (Fsp3) is 0.0588. The van der Waals surface area contributed by atoms with Crippen LogP contribution in [0.15, 0.2) is 58.8 Å². The third kappa shape index (κ3) is 3.31. The van der Waals surface area contributed by atoms with Gasteiger partial charge in [-0.15, -0.1) is 0 Å². The summed E-state index contributed by atoms with van der Waals surface area (Å²) >= 11 is 0.910. The van der Waals surface area contributed by atoms with Gasteiger partial charge in [-0.3, -0.25) is 10.1 Å². The first-order chi connectivity index (χ1) is 11.8. The highest BCUT2D eigenvalue weighted by Gasteiger charge is 2.26. The average Bonchev–Trinajstić information content (AvgIpc) is 3.00. The van der Waals surface area contributed by atoms with Crippen LogP contribution in [-0.4, -0.2) is 19.6 Å². The van der Waals surface area contributed by atoms with Crippen molar-refractivity contribution in [2.45, 2.75) is 4.90 Å². The third-order valence-electron chi connectivity index (χ3n) is 3.65. The largest absolute Gasteiger partial charge is 0.332 e. The normalized spacial score (nSPS) is 11.4. The number of nitro groups is 1. The molecule has 0 aliphatic heterocycles. The maximum Gasteiger partial charge on any atom is 0.332 e. The minimum absolute atomic E-state index is 0.0889. The van der Waals surface area contributed by atoms with Crippen LogP contribution in [0.5, 0.6) is 0 Å². The van der Waals surface area contributed by atoms with Gasteiger partial charge in [0.25, 0.3) is 0 Å². The topological polar surface area (TPSA) is 77.3 Å². The van der Waals surface area contributed by atoms with Gasteiger partial charge in [0.1, 0.15) is 5.82 Å². The summed E-state index contributed by atoms with van der Waals surface area (Å²) in [5, 5.41) is 12.8. The predicted molar refractivity (Wildman–Crippen MR) is 94.9 cm³/mol. The van der Waals surface area contributed by atoms with Crippen LogP contribution in [0.25, 0.3) is 22.3 Å². The second-order valence-corrected chi connectivity index (χ2v) is 8.20. The summed E-state index contributed by atoms with van der Waals surface area (Å²) in [7, 11) is -3.52. The molecule has 128 valence electrons. The van der Waals surface area contributed by atoms with Crippen molar-refractivity contribution in [1.82, 2.24) is 0 Å². The first-order valence-corrected chi connectivity index (χ1v) is 9.87. The fourth-order valence-corrected chi connectivity index (χ4v) is 4.40. The lowest BCUT2D eigenvalue weighted by Gasteiger charge is -2.09. The predicted octanol–water partition coefficient (Wildman–Crippen LogP) is 4.53. The summed E-state index contributed by atoms with van der Waals surface area (Å²) in [6.07, 6.45) is 1.09. The van der Waals surface area contributed by atoms with Crippen LogP contribution < -0.4 is 0 Å². The van der Waals surface area contributed by atoms with Crippen LogP contribution >= 0.6 is 11.3 Å². The zero-order chi connectivity index (χ0) is 18.2. The van der Waals surface area contributed by atoms with Gasteiger partial charge in [-0.05, 0) is 23.8 Å². The van der Waals surface area contributed by atoms with Crippen molar-refractivity contribution in [3.8, 4) is 22.3 Å². The van der Waals surface area contributed by atoms with E-state index in [1.165, 1.54) is 30.3 Å². The van der Waals surface area contributed by atoms with Crippen molar-refractivity contribution in [2.75, 3.05) is 6.26 Å². The summed E-state index contributed by atoms with van der Waals surface area (Å²) in [6.45, 7) is 0. The quantitative estimate of drug-likeness (QED) is 0.494. The van der Waals surface area contributed by atoms with Gasteiger partial charge in [0.2, 0.25) is 0 Å². The molecule has 2 aromatic carbocycles. The molecule has 0 bridgehead atoms. The molecule has 0 N–H and O–H groups in total. The molecule has 3 rings (SSSR count). The maximum absolute atomic E-state index is 13.2. The van der Waals surface area contributed by atoms with Gasteiger partial charge < -0.3 is 0 Å². The van der Waals surface area contributed by atoms with Gasteiger partial charge in [-0.25, -0.2) is 12.8 Å². The van der Waals surface area contributed by atoms with Crippen molar-refractivity contribution in [1.29, 1.82) is 0 Å². The number of sulfone groups is 1. The molecular weight excluding hydrogens is 365 g/mol. The molecule has 0 spiro atoms. The molecule has 1 aromatic heterocycles. The van der Waals surface area contributed by atoms with E-state index in [-0.39, 0.29) is 15.5 Å². The van der Waals surface area contributed by atoms with E-state index in [4.69, 9.17) is 0 Å². The van der Waals surface area contributed by atoms with Crippen LogP contribution in [0.2, 0.25) is 0 Å². The molecule has 5 nitrogen and oxygen atoms in total. The number of hydrogen-bond acceptors (Lipinski definition) is 5. The molecule has 8 heteroatoms. The van der Waals surface area contributed by atoms with Crippen LogP contribution in [0, 0.1) is 15.9 Å². The molecule has 0 aliphatic carbocycles. The van der Waals surface area contributed by atoms with E-state index in [1.807, 2.05) is 0 Å². The Morgan fingerprint density at radius 3 is 2.28 bits per heavy atom. The molecule has 25 heavy (non-hydrogen) atoms. The average molecular weight is 377 g/mol. The second kappa shape index (κ2) is 6.38. The van der Waals surface area contributed by atoms with E-state index in [1.54, 1.807) is 23.6 Å². The number of thiophene rings is 1. The van der Waals surface area contributed by atoms with Gasteiger partial charge in [-0.1, -0.05) is 41.7 Å². The van der Waals surface area contributed by atoms with Crippen molar-refractivity contribution in [3.63, 3.8) is 0 Å². The van der Waals surface area contributed by atoms with Crippen molar-refractivity contribution in [3.05, 3.63) is 69.8 Å². The Hall–Kier alpha value is -2.58. The number of rotatable bonds is 4. The summed E-state index contributed by atoms with van der Waals surface area (Å²) in [4.78, 5) is 11.0. The van der Waals surface area contributed by atoms with E-state index in [0.717, 1.165) is 17.6 Å². The molecule has 0 fully saturated rings. The lowest BCUT2D eigenvalue weighted by molar-refractivity contribution is -0.379. The Balaban J connectivity index is 2.33. The minimum Gasteiger partial charge on any atom is -0.258 e. The van der Waals surface area contributed by atoms with Crippen LogP contribution in [0.4, 0.5) is 9.39 Å². The van der Waals surface area contributed by atoms with Gasteiger partial charge in [0.15, 0.2) is 9.84 Å². The molecule has 0 radical (unpaired) electrons. The zero-order valence-corrected chi connectivity index (χ0v) is 14.6. The summed E-state index contributed by atoms with van der Waals surface area (Å²) in [6, 6.07) is 11.6.